The van der Waals surface area contributed by atoms with Gasteiger partial charge in [-0.15, -0.1) is 0 Å². The van der Waals surface area contributed by atoms with Gasteiger partial charge in [0.2, 0.25) is 0 Å². The molecule has 6 nitrogen and oxygen atoms in total. The van der Waals surface area contributed by atoms with Crippen molar-refractivity contribution in [3.8, 4) is 0 Å². The molecular weight excluding hydrogens is 278 g/mol. The molecule has 1 N–H and O–H groups in total. The Bertz CT molecular complexity index is 582. The first-order chi connectivity index (χ1) is 9.08. The van der Waals surface area contributed by atoms with E-state index in [2.05, 4.69) is 9.71 Å². The van der Waals surface area contributed by atoms with Gasteiger partial charge in [0.05, 0.1) is 6.54 Å². The number of aromatic nitrogens is 2. The van der Waals surface area contributed by atoms with Gasteiger partial charge in [0.25, 0.3) is 10.0 Å². The number of rotatable bonds is 6. The van der Waals surface area contributed by atoms with Crippen LogP contribution in [0.1, 0.15) is 39.9 Å². The van der Waals surface area contributed by atoms with Gasteiger partial charge in [-0.25, -0.2) is 18.1 Å². The first-order valence-electron chi connectivity index (χ1n) is 6.64. The molecule has 0 radical (unpaired) electrons. The van der Waals surface area contributed by atoms with E-state index in [0.717, 1.165) is 13.0 Å². The van der Waals surface area contributed by atoms with E-state index >= 15 is 0 Å². The Morgan fingerprint density at radius 2 is 2.00 bits per heavy atom. The molecule has 0 aliphatic rings. The van der Waals surface area contributed by atoms with E-state index in [-0.39, 0.29) is 17.4 Å². The lowest BCUT2D eigenvalue weighted by Crippen LogP contribution is -2.35. The molecule has 1 aromatic rings. The topological polar surface area (TPSA) is 81.1 Å². The second-order valence-corrected chi connectivity index (χ2v) is 7.53. The van der Waals surface area contributed by atoms with Crippen LogP contribution < -0.4 is 4.72 Å². The molecule has 0 unspecified atom stereocenters. The second kappa shape index (κ2) is 6.05. The quantitative estimate of drug-likeness (QED) is 0.863. The maximum Gasteiger partial charge on any atom is 0.259 e. The third-order valence-corrected chi connectivity index (χ3v) is 4.22. The van der Waals surface area contributed by atoms with Crippen molar-refractivity contribution in [3.05, 3.63) is 12.0 Å². The van der Waals surface area contributed by atoms with Crippen molar-refractivity contribution in [1.82, 2.24) is 14.3 Å². The number of Topliss-reactive ketones (excluding diaryl/α,β-unsaturated/α-hetero) is 1. The van der Waals surface area contributed by atoms with E-state index in [1.165, 1.54) is 6.20 Å². The molecule has 0 aliphatic heterocycles. The minimum Gasteiger partial charge on any atom is -0.334 e. The number of hydrogen-bond donors (Lipinski definition) is 1. The van der Waals surface area contributed by atoms with Crippen LogP contribution in [-0.4, -0.2) is 30.3 Å². The molecule has 0 bridgehead atoms. The number of nitrogens with zero attached hydrogens (tertiary/aromatic N) is 2. The molecule has 0 fully saturated rings. The lowest BCUT2D eigenvalue weighted by molar-refractivity contribution is -0.125. The van der Waals surface area contributed by atoms with Crippen LogP contribution in [-0.2, 0) is 21.4 Å². The molecule has 0 spiro atoms. The number of hydrogen-bond acceptors (Lipinski definition) is 4. The van der Waals surface area contributed by atoms with Gasteiger partial charge in [-0.05, 0) is 13.3 Å². The average molecular weight is 301 g/mol. The largest absolute Gasteiger partial charge is 0.334 e. The summed E-state index contributed by atoms with van der Waals surface area (Å²) in [5.41, 5.74) is -0.569. The van der Waals surface area contributed by atoms with E-state index in [1.54, 1.807) is 32.3 Å². The molecule has 1 heterocycles. The first-order valence-corrected chi connectivity index (χ1v) is 8.13. The van der Waals surface area contributed by atoms with Crippen molar-refractivity contribution in [2.24, 2.45) is 5.41 Å². The molecule has 7 heteroatoms. The standard InChI is InChI=1S/C13H23N3O3S/c1-6-7-16-9-12(15-10(16)2)20(18,19)14-8-11(17)13(3,4)5/h9,14H,6-8H2,1-5H3. The van der Waals surface area contributed by atoms with Crippen molar-refractivity contribution in [2.45, 2.75) is 52.6 Å². The van der Waals surface area contributed by atoms with E-state index in [1.807, 2.05) is 6.92 Å². The van der Waals surface area contributed by atoms with Gasteiger partial charge in [0, 0.05) is 18.2 Å². The van der Waals surface area contributed by atoms with Crippen LogP contribution in [0.25, 0.3) is 0 Å². The molecule has 0 saturated heterocycles. The van der Waals surface area contributed by atoms with Gasteiger partial charge in [0.1, 0.15) is 5.82 Å². The van der Waals surface area contributed by atoms with Crippen LogP contribution in [0.2, 0.25) is 0 Å². The summed E-state index contributed by atoms with van der Waals surface area (Å²) in [6, 6.07) is 0. The lowest BCUT2D eigenvalue weighted by atomic mass is 9.91. The molecule has 0 aromatic carbocycles. The molecule has 114 valence electrons. The number of sulfonamides is 1. The summed E-state index contributed by atoms with van der Waals surface area (Å²) in [5.74, 6) is 0.486. The number of ketones is 1. The monoisotopic (exact) mass is 301 g/mol. The summed E-state index contributed by atoms with van der Waals surface area (Å²) in [5, 5.41) is -0.0369. The van der Waals surface area contributed by atoms with Gasteiger partial charge in [-0.2, -0.15) is 0 Å². The third kappa shape index (κ3) is 4.14. The maximum atomic E-state index is 12.1. The van der Waals surface area contributed by atoms with Gasteiger partial charge in [-0.3, -0.25) is 4.79 Å². The van der Waals surface area contributed by atoms with Gasteiger partial charge in [0.15, 0.2) is 10.8 Å². The molecule has 0 amide bonds. The Labute approximate surface area is 120 Å². The normalized spacial score (nSPS) is 12.7. The molecule has 1 aromatic heterocycles. The molecule has 0 aliphatic carbocycles. The molecular formula is C13H23N3O3S. The summed E-state index contributed by atoms with van der Waals surface area (Å²) in [6.45, 7) is 9.53. The zero-order valence-corrected chi connectivity index (χ0v) is 13.5. The van der Waals surface area contributed by atoms with E-state index in [4.69, 9.17) is 0 Å². The third-order valence-electron chi connectivity index (χ3n) is 2.95. The summed E-state index contributed by atoms with van der Waals surface area (Å²) in [4.78, 5) is 15.8. The van der Waals surface area contributed by atoms with Gasteiger partial charge >= 0.3 is 0 Å². The summed E-state index contributed by atoms with van der Waals surface area (Å²) in [6.07, 6.45) is 2.40. The van der Waals surface area contributed by atoms with E-state index < -0.39 is 15.4 Å². The Morgan fingerprint density at radius 1 is 1.40 bits per heavy atom. The molecule has 0 atom stereocenters. The van der Waals surface area contributed by atoms with Gasteiger partial charge in [-0.1, -0.05) is 27.7 Å². The fourth-order valence-electron chi connectivity index (χ4n) is 1.58. The zero-order valence-electron chi connectivity index (χ0n) is 12.7. The average Bonchev–Trinajstić information content (AvgIpc) is 2.68. The van der Waals surface area contributed by atoms with Crippen LogP contribution in [0.15, 0.2) is 11.2 Å². The maximum absolute atomic E-state index is 12.1. The summed E-state index contributed by atoms with van der Waals surface area (Å²) >= 11 is 0. The number of carbonyl (C=O) groups excluding carboxylic acids is 1. The highest BCUT2D eigenvalue weighted by atomic mass is 32.2. The fraction of sp³-hybridized carbons (Fsp3) is 0.692. The Balaban J connectivity index is 2.84. The highest BCUT2D eigenvalue weighted by Gasteiger charge is 2.25. The molecule has 20 heavy (non-hydrogen) atoms. The van der Waals surface area contributed by atoms with E-state index in [9.17, 15) is 13.2 Å². The first kappa shape index (κ1) is 16.8. The Kier molecular flexibility index (Phi) is 5.10. The SMILES string of the molecule is CCCn1cc(S(=O)(=O)NCC(=O)C(C)(C)C)nc1C. The van der Waals surface area contributed by atoms with E-state index in [0.29, 0.717) is 5.82 Å². The number of carbonyl (C=O) groups is 1. The molecule has 1 rings (SSSR count). The number of aryl methyl sites for hydroxylation is 2. The Morgan fingerprint density at radius 3 is 2.50 bits per heavy atom. The number of imidazole rings is 1. The number of nitrogens with one attached hydrogen (secondary N) is 1. The van der Waals surface area contributed by atoms with Crippen LogP contribution in [0.5, 0.6) is 0 Å². The lowest BCUT2D eigenvalue weighted by Gasteiger charge is -2.16. The summed E-state index contributed by atoms with van der Waals surface area (Å²) < 4.78 is 28.3. The van der Waals surface area contributed by atoms with Crippen molar-refractivity contribution in [3.63, 3.8) is 0 Å². The smallest absolute Gasteiger partial charge is 0.259 e. The van der Waals surface area contributed by atoms with Crippen molar-refractivity contribution in [1.29, 1.82) is 0 Å². The van der Waals surface area contributed by atoms with Crippen LogP contribution >= 0.6 is 0 Å². The van der Waals surface area contributed by atoms with Crippen molar-refractivity contribution < 1.29 is 13.2 Å². The highest BCUT2D eigenvalue weighted by molar-refractivity contribution is 7.89. The highest BCUT2D eigenvalue weighted by Crippen LogP contribution is 2.15. The zero-order chi connectivity index (χ0) is 15.6. The fourth-order valence-corrected chi connectivity index (χ4v) is 2.56. The van der Waals surface area contributed by atoms with Crippen LogP contribution in [0.3, 0.4) is 0 Å². The summed E-state index contributed by atoms with van der Waals surface area (Å²) in [7, 11) is -3.74. The minimum atomic E-state index is -3.74. The molecule has 0 saturated carbocycles. The van der Waals surface area contributed by atoms with Crippen molar-refractivity contribution in [2.75, 3.05) is 6.54 Å². The van der Waals surface area contributed by atoms with Gasteiger partial charge < -0.3 is 4.57 Å². The predicted molar refractivity (Wildman–Crippen MR) is 76.9 cm³/mol. The van der Waals surface area contributed by atoms with Crippen LogP contribution in [0.4, 0.5) is 0 Å². The van der Waals surface area contributed by atoms with Crippen LogP contribution in [0, 0.1) is 12.3 Å². The second-order valence-electron chi connectivity index (χ2n) is 5.82. The minimum absolute atomic E-state index is 0.0369. The predicted octanol–water partition coefficient (Wildman–Crippen LogP) is 1.50. The Hall–Kier alpha value is -1.21. The van der Waals surface area contributed by atoms with Crippen molar-refractivity contribution >= 4 is 15.8 Å².